The van der Waals surface area contributed by atoms with Gasteiger partial charge in [-0.1, -0.05) is 39.3 Å². The molecule has 21 heavy (non-hydrogen) atoms. The van der Waals surface area contributed by atoms with E-state index in [1.165, 1.54) is 6.42 Å². The molecule has 1 unspecified atom stereocenters. The average Bonchev–Trinajstić information content (AvgIpc) is 2.89. The molecule has 0 aliphatic heterocycles. The first kappa shape index (κ1) is 16.4. The van der Waals surface area contributed by atoms with Crippen LogP contribution >= 0.6 is 0 Å². The van der Waals surface area contributed by atoms with Crippen molar-refractivity contribution in [2.45, 2.75) is 71.4 Å². The zero-order valence-corrected chi connectivity index (χ0v) is 14.0. The van der Waals surface area contributed by atoms with Crippen molar-refractivity contribution in [3.8, 4) is 0 Å². The molecule has 120 valence electrons. The van der Waals surface area contributed by atoms with Crippen molar-refractivity contribution >= 4 is 0 Å². The smallest absolute Gasteiger partial charge is 0.246 e. The first-order valence-corrected chi connectivity index (χ1v) is 7.96. The second-order valence-electron chi connectivity index (χ2n) is 7.45. The Bertz CT molecular complexity index is 456. The second-order valence-corrected chi connectivity index (χ2v) is 7.45. The molecular formula is C16H29N3O2. The highest BCUT2D eigenvalue weighted by molar-refractivity contribution is 5.06. The number of hydrogen-bond acceptors (Lipinski definition) is 5. The van der Waals surface area contributed by atoms with Gasteiger partial charge in [0.1, 0.15) is 6.10 Å². The SMILES string of the molecule is CCC1CCC(N)(c2nc(C(OC)C(C)(C)C)no2)CC1. The third-order valence-corrected chi connectivity index (χ3v) is 4.70. The standard InChI is InChI=1S/C16H29N3O2/c1-6-11-7-9-16(17,10-8-11)14-18-13(19-21-14)12(20-5)15(2,3)4/h11-12H,6-10,17H2,1-5H3. The van der Waals surface area contributed by atoms with Crippen LogP contribution in [0.15, 0.2) is 4.52 Å². The van der Waals surface area contributed by atoms with Gasteiger partial charge in [-0.3, -0.25) is 0 Å². The molecule has 1 atom stereocenters. The lowest BCUT2D eigenvalue weighted by atomic mass is 9.76. The predicted molar refractivity (Wildman–Crippen MR) is 81.6 cm³/mol. The summed E-state index contributed by atoms with van der Waals surface area (Å²) in [5, 5.41) is 4.12. The third-order valence-electron chi connectivity index (χ3n) is 4.70. The van der Waals surface area contributed by atoms with Crippen molar-refractivity contribution in [3.63, 3.8) is 0 Å². The molecule has 1 aliphatic rings. The van der Waals surface area contributed by atoms with Crippen LogP contribution in [0.25, 0.3) is 0 Å². The number of ether oxygens (including phenoxy) is 1. The number of aromatic nitrogens is 2. The zero-order chi connectivity index (χ0) is 15.7. The van der Waals surface area contributed by atoms with Crippen molar-refractivity contribution in [1.82, 2.24) is 10.1 Å². The quantitative estimate of drug-likeness (QED) is 0.919. The van der Waals surface area contributed by atoms with E-state index in [1.807, 2.05) is 0 Å². The molecule has 5 heteroatoms. The van der Waals surface area contributed by atoms with Crippen LogP contribution in [0.3, 0.4) is 0 Å². The summed E-state index contributed by atoms with van der Waals surface area (Å²) in [6.07, 6.45) is 5.14. The molecule has 2 N–H and O–H groups in total. The zero-order valence-electron chi connectivity index (χ0n) is 14.0. The maximum absolute atomic E-state index is 6.52. The van der Waals surface area contributed by atoms with Gasteiger partial charge in [-0.05, 0) is 37.0 Å². The molecule has 2 rings (SSSR count). The summed E-state index contributed by atoms with van der Waals surface area (Å²) in [6, 6.07) is 0. The van der Waals surface area contributed by atoms with Crippen molar-refractivity contribution < 1.29 is 9.26 Å². The van der Waals surface area contributed by atoms with Crippen LogP contribution in [0.4, 0.5) is 0 Å². The Morgan fingerprint density at radius 2 is 2.00 bits per heavy atom. The molecule has 1 aromatic heterocycles. The van der Waals surface area contributed by atoms with Crippen LogP contribution in [-0.4, -0.2) is 17.3 Å². The summed E-state index contributed by atoms with van der Waals surface area (Å²) in [5.41, 5.74) is 5.97. The van der Waals surface area contributed by atoms with Gasteiger partial charge >= 0.3 is 0 Å². The van der Waals surface area contributed by atoms with Gasteiger partial charge in [-0.25, -0.2) is 0 Å². The minimum atomic E-state index is -0.465. The minimum absolute atomic E-state index is 0.0858. The van der Waals surface area contributed by atoms with E-state index in [2.05, 4.69) is 37.8 Å². The highest BCUT2D eigenvalue weighted by Crippen LogP contribution is 2.39. The lowest BCUT2D eigenvalue weighted by Crippen LogP contribution is -2.40. The Hall–Kier alpha value is -0.940. The van der Waals surface area contributed by atoms with Crippen LogP contribution in [0, 0.1) is 11.3 Å². The number of nitrogens with two attached hydrogens (primary N) is 1. The van der Waals surface area contributed by atoms with E-state index in [9.17, 15) is 0 Å². The van der Waals surface area contributed by atoms with E-state index in [0.717, 1.165) is 31.6 Å². The molecule has 0 bridgehead atoms. The lowest BCUT2D eigenvalue weighted by molar-refractivity contribution is 0.00718. The molecule has 1 heterocycles. The molecular weight excluding hydrogens is 266 g/mol. The number of rotatable bonds is 4. The molecule has 1 saturated carbocycles. The maximum atomic E-state index is 6.52. The first-order valence-electron chi connectivity index (χ1n) is 7.96. The van der Waals surface area contributed by atoms with Gasteiger partial charge < -0.3 is 15.0 Å². The number of nitrogens with zero attached hydrogens (tertiary/aromatic N) is 2. The summed E-state index contributed by atoms with van der Waals surface area (Å²) < 4.78 is 11.0. The van der Waals surface area contributed by atoms with E-state index >= 15 is 0 Å². The first-order chi connectivity index (χ1) is 9.80. The molecule has 1 aliphatic carbocycles. The Morgan fingerprint density at radius 3 is 2.48 bits per heavy atom. The summed E-state index contributed by atoms with van der Waals surface area (Å²) in [6.45, 7) is 8.54. The van der Waals surface area contributed by atoms with Crippen LogP contribution in [0.1, 0.15) is 77.6 Å². The summed E-state index contributed by atoms with van der Waals surface area (Å²) in [4.78, 5) is 4.57. The van der Waals surface area contributed by atoms with Gasteiger partial charge in [0.15, 0.2) is 0 Å². The van der Waals surface area contributed by atoms with Gasteiger partial charge in [-0.2, -0.15) is 4.98 Å². The fraction of sp³-hybridized carbons (Fsp3) is 0.875. The third kappa shape index (κ3) is 3.46. The molecule has 0 saturated heterocycles. The Balaban J connectivity index is 2.16. The molecule has 0 radical (unpaired) electrons. The topological polar surface area (TPSA) is 74.2 Å². The van der Waals surface area contributed by atoms with Gasteiger partial charge in [0.25, 0.3) is 0 Å². The average molecular weight is 295 g/mol. The van der Waals surface area contributed by atoms with Gasteiger partial charge in [0.2, 0.25) is 11.7 Å². The van der Waals surface area contributed by atoms with Crippen LogP contribution < -0.4 is 5.73 Å². The molecule has 1 aromatic rings. The van der Waals surface area contributed by atoms with Crippen LogP contribution in [0.2, 0.25) is 0 Å². The van der Waals surface area contributed by atoms with Crippen LogP contribution in [-0.2, 0) is 10.3 Å². The minimum Gasteiger partial charge on any atom is -0.373 e. The monoisotopic (exact) mass is 295 g/mol. The van der Waals surface area contributed by atoms with E-state index in [1.54, 1.807) is 7.11 Å². The predicted octanol–water partition coefficient (Wildman–Crippen LogP) is 3.56. The normalized spacial score (nSPS) is 28.6. The summed E-state index contributed by atoms with van der Waals surface area (Å²) >= 11 is 0. The second kappa shape index (κ2) is 6.05. The molecule has 1 fully saturated rings. The van der Waals surface area contributed by atoms with E-state index in [4.69, 9.17) is 15.0 Å². The number of hydrogen-bond donors (Lipinski definition) is 1. The Morgan fingerprint density at radius 1 is 1.38 bits per heavy atom. The lowest BCUT2D eigenvalue weighted by Gasteiger charge is -2.33. The Labute approximate surface area is 127 Å². The molecule has 0 aromatic carbocycles. The van der Waals surface area contributed by atoms with Crippen molar-refractivity contribution in [2.24, 2.45) is 17.1 Å². The number of methoxy groups -OCH3 is 1. The van der Waals surface area contributed by atoms with Gasteiger partial charge in [0, 0.05) is 7.11 Å². The summed E-state index contributed by atoms with van der Waals surface area (Å²) in [5.74, 6) is 1.95. The van der Waals surface area contributed by atoms with E-state index in [-0.39, 0.29) is 11.5 Å². The fourth-order valence-electron chi connectivity index (χ4n) is 3.20. The largest absolute Gasteiger partial charge is 0.373 e. The van der Waals surface area contributed by atoms with Gasteiger partial charge in [0.05, 0.1) is 5.54 Å². The highest BCUT2D eigenvalue weighted by atomic mass is 16.5. The molecule has 0 amide bonds. The Kier molecular flexibility index (Phi) is 4.73. The van der Waals surface area contributed by atoms with Crippen molar-refractivity contribution in [3.05, 3.63) is 11.7 Å². The van der Waals surface area contributed by atoms with Crippen LogP contribution in [0.5, 0.6) is 0 Å². The molecule has 0 spiro atoms. The fourth-order valence-corrected chi connectivity index (χ4v) is 3.20. The van der Waals surface area contributed by atoms with Gasteiger partial charge in [-0.15, -0.1) is 0 Å². The molecule has 5 nitrogen and oxygen atoms in total. The van der Waals surface area contributed by atoms with E-state index in [0.29, 0.717) is 11.7 Å². The maximum Gasteiger partial charge on any atom is 0.246 e. The summed E-state index contributed by atoms with van der Waals surface area (Å²) in [7, 11) is 1.68. The highest BCUT2D eigenvalue weighted by Gasteiger charge is 2.39. The van der Waals surface area contributed by atoms with E-state index < -0.39 is 5.54 Å². The van der Waals surface area contributed by atoms with Crippen molar-refractivity contribution in [1.29, 1.82) is 0 Å². The van der Waals surface area contributed by atoms with Crippen molar-refractivity contribution in [2.75, 3.05) is 7.11 Å².